The second-order valence-corrected chi connectivity index (χ2v) is 2.51. The van der Waals surface area contributed by atoms with Crippen molar-refractivity contribution in [2.24, 2.45) is 0 Å². The summed E-state index contributed by atoms with van der Waals surface area (Å²) in [4.78, 5) is 0. The van der Waals surface area contributed by atoms with E-state index in [4.69, 9.17) is 5.11 Å². The highest BCUT2D eigenvalue weighted by atomic mass is 19.3. The smallest absolute Gasteiger partial charge is 0.334 e. The molecule has 0 fully saturated rings. The molecule has 0 amide bonds. The van der Waals surface area contributed by atoms with Gasteiger partial charge in [0.2, 0.25) is 0 Å². The largest absolute Gasteiger partial charge is 0.381 e. The van der Waals surface area contributed by atoms with Gasteiger partial charge in [0, 0.05) is 0 Å². The number of aliphatic hydroxyl groups is 1. The first-order valence-electron chi connectivity index (χ1n) is 4.14. The first-order chi connectivity index (χ1) is 5.47. The first kappa shape index (κ1) is 14.3. The molecule has 0 aliphatic rings. The molecule has 0 saturated carbocycles. The Morgan fingerprint density at radius 1 is 1.08 bits per heavy atom. The number of hydrogen-bond acceptors (Lipinski definition) is 1. The third kappa shape index (κ3) is 22.6. The number of hydrogen-bond donors (Lipinski definition) is 1. The summed E-state index contributed by atoms with van der Waals surface area (Å²) in [6.07, 6.45) is 1.41. The standard InChI is InChI=1S/C6H14.C2H3F3O/c1-3-5-6-4-2;3-1-2(4,5)6/h3-6H2,1-2H3;6H,1H2. The molecule has 1 N–H and O–H groups in total. The van der Waals surface area contributed by atoms with E-state index in [1.807, 2.05) is 0 Å². The Labute approximate surface area is 71.6 Å². The lowest BCUT2D eigenvalue weighted by molar-refractivity contribution is -0.208. The van der Waals surface area contributed by atoms with Crippen LogP contribution in [0.5, 0.6) is 0 Å². The van der Waals surface area contributed by atoms with Crippen LogP contribution in [-0.4, -0.2) is 17.9 Å². The molecule has 0 saturated heterocycles. The van der Waals surface area contributed by atoms with Gasteiger partial charge < -0.3 is 5.11 Å². The van der Waals surface area contributed by atoms with Crippen LogP contribution in [0.4, 0.5) is 13.2 Å². The van der Waals surface area contributed by atoms with Gasteiger partial charge in [0.05, 0.1) is 0 Å². The summed E-state index contributed by atoms with van der Waals surface area (Å²) in [7, 11) is 0. The SMILES string of the molecule is CCCCCC.OC(F)(F)CF. The Kier molecular flexibility index (Phi) is 10.5. The van der Waals surface area contributed by atoms with Gasteiger partial charge in [-0.05, 0) is 0 Å². The average molecular weight is 186 g/mol. The highest BCUT2D eigenvalue weighted by Crippen LogP contribution is 2.06. The highest BCUT2D eigenvalue weighted by molar-refractivity contribution is 4.38. The summed E-state index contributed by atoms with van der Waals surface area (Å²) in [6, 6.07) is 0. The maximum absolute atomic E-state index is 10.6. The molecule has 0 heterocycles. The van der Waals surface area contributed by atoms with E-state index >= 15 is 0 Å². The molecule has 12 heavy (non-hydrogen) atoms. The van der Waals surface area contributed by atoms with Crippen molar-refractivity contribution in [1.29, 1.82) is 0 Å². The van der Waals surface area contributed by atoms with E-state index < -0.39 is 12.8 Å². The van der Waals surface area contributed by atoms with Crippen LogP contribution in [0.1, 0.15) is 39.5 Å². The molecule has 0 aromatic rings. The Morgan fingerprint density at radius 2 is 1.33 bits per heavy atom. The molecule has 0 aromatic heterocycles. The lowest BCUT2D eigenvalue weighted by Gasteiger charge is -1.97. The van der Waals surface area contributed by atoms with Crippen molar-refractivity contribution in [2.75, 3.05) is 6.67 Å². The second-order valence-electron chi connectivity index (χ2n) is 2.51. The molecule has 1 nitrogen and oxygen atoms in total. The van der Waals surface area contributed by atoms with Gasteiger partial charge in [0.1, 0.15) is 0 Å². The van der Waals surface area contributed by atoms with Crippen molar-refractivity contribution < 1.29 is 18.3 Å². The van der Waals surface area contributed by atoms with E-state index in [-0.39, 0.29) is 0 Å². The molecule has 0 radical (unpaired) electrons. The number of unbranched alkanes of at least 4 members (excludes halogenated alkanes) is 3. The van der Waals surface area contributed by atoms with E-state index in [0.717, 1.165) is 0 Å². The summed E-state index contributed by atoms with van der Waals surface area (Å²) >= 11 is 0. The third-order valence-electron chi connectivity index (χ3n) is 1.12. The molecule has 0 atom stereocenters. The Hall–Kier alpha value is -0.250. The molecule has 0 aliphatic carbocycles. The highest BCUT2D eigenvalue weighted by Gasteiger charge is 2.22. The minimum Gasteiger partial charge on any atom is -0.334 e. The van der Waals surface area contributed by atoms with Gasteiger partial charge in [-0.25, -0.2) is 4.39 Å². The third-order valence-corrected chi connectivity index (χ3v) is 1.12. The van der Waals surface area contributed by atoms with Crippen LogP contribution in [0.3, 0.4) is 0 Å². The molecule has 76 valence electrons. The Morgan fingerprint density at radius 3 is 1.42 bits per heavy atom. The van der Waals surface area contributed by atoms with E-state index in [0.29, 0.717) is 0 Å². The molecule has 0 bridgehead atoms. The van der Waals surface area contributed by atoms with E-state index in [9.17, 15) is 13.2 Å². The van der Waals surface area contributed by atoms with Gasteiger partial charge in [-0.15, -0.1) is 0 Å². The van der Waals surface area contributed by atoms with Crippen LogP contribution < -0.4 is 0 Å². The van der Waals surface area contributed by atoms with Crippen LogP contribution in [0.25, 0.3) is 0 Å². The molecule has 0 aromatic carbocycles. The predicted molar refractivity (Wildman–Crippen MR) is 43.0 cm³/mol. The van der Waals surface area contributed by atoms with Crippen molar-refractivity contribution in [1.82, 2.24) is 0 Å². The summed E-state index contributed by atoms with van der Waals surface area (Å²) in [5.41, 5.74) is 0. The molecule has 0 aliphatic heterocycles. The summed E-state index contributed by atoms with van der Waals surface area (Å²) in [5, 5.41) is 7.12. The van der Waals surface area contributed by atoms with Gasteiger partial charge in [0.15, 0.2) is 6.67 Å². The minimum atomic E-state index is -4.12. The summed E-state index contributed by atoms with van der Waals surface area (Å²) < 4.78 is 31.8. The summed E-state index contributed by atoms with van der Waals surface area (Å²) in [6.45, 7) is 2.46. The minimum absolute atomic E-state index is 1.36. The number of alkyl halides is 3. The van der Waals surface area contributed by atoms with Gasteiger partial charge in [-0.3, -0.25) is 0 Å². The molecule has 0 unspecified atom stereocenters. The zero-order valence-electron chi connectivity index (χ0n) is 7.62. The van der Waals surface area contributed by atoms with Crippen molar-refractivity contribution in [2.45, 2.75) is 45.6 Å². The zero-order chi connectivity index (χ0) is 10.0. The quantitative estimate of drug-likeness (QED) is 0.669. The molecular weight excluding hydrogens is 169 g/mol. The monoisotopic (exact) mass is 186 g/mol. The maximum Gasteiger partial charge on any atom is 0.381 e. The Balaban J connectivity index is 0. The van der Waals surface area contributed by atoms with Crippen LogP contribution in [-0.2, 0) is 0 Å². The van der Waals surface area contributed by atoms with Gasteiger partial charge in [0.25, 0.3) is 0 Å². The van der Waals surface area contributed by atoms with Gasteiger partial charge >= 0.3 is 6.11 Å². The number of rotatable bonds is 4. The fourth-order valence-electron chi connectivity index (χ4n) is 0.500. The van der Waals surface area contributed by atoms with E-state index in [1.54, 1.807) is 0 Å². The van der Waals surface area contributed by atoms with Crippen LogP contribution in [0, 0.1) is 0 Å². The maximum atomic E-state index is 10.6. The topological polar surface area (TPSA) is 20.2 Å². The first-order valence-corrected chi connectivity index (χ1v) is 4.14. The molecule has 0 rings (SSSR count). The lowest BCUT2D eigenvalue weighted by atomic mass is 10.2. The van der Waals surface area contributed by atoms with Crippen molar-refractivity contribution in [3.63, 3.8) is 0 Å². The van der Waals surface area contributed by atoms with Crippen LogP contribution in [0.15, 0.2) is 0 Å². The molecule has 0 spiro atoms. The zero-order valence-corrected chi connectivity index (χ0v) is 7.62. The molecular formula is C8H17F3O. The normalized spacial score (nSPS) is 10.5. The van der Waals surface area contributed by atoms with Crippen molar-refractivity contribution in [3.8, 4) is 0 Å². The van der Waals surface area contributed by atoms with Crippen molar-refractivity contribution in [3.05, 3.63) is 0 Å². The predicted octanol–water partition coefficient (Wildman–Crippen LogP) is 3.13. The fraction of sp³-hybridized carbons (Fsp3) is 1.00. The Bertz CT molecular complexity index is 76.9. The van der Waals surface area contributed by atoms with E-state index in [1.165, 1.54) is 25.7 Å². The van der Waals surface area contributed by atoms with Crippen LogP contribution in [0.2, 0.25) is 0 Å². The summed E-state index contributed by atoms with van der Waals surface area (Å²) in [5.74, 6) is 0. The lowest BCUT2D eigenvalue weighted by Crippen LogP contribution is -2.15. The molecule has 4 heteroatoms. The van der Waals surface area contributed by atoms with Crippen LogP contribution >= 0.6 is 0 Å². The van der Waals surface area contributed by atoms with Gasteiger partial charge in [-0.2, -0.15) is 8.78 Å². The van der Waals surface area contributed by atoms with Gasteiger partial charge in [-0.1, -0.05) is 39.5 Å². The second kappa shape index (κ2) is 8.84. The van der Waals surface area contributed by atoms with Crippen molar-refractivity contribution >= 4 is 0 Å². The fourth-order valence-corrected chi connectivity index (χ4v) is 0.500. The average Bonchev–Trinajstić information content (AvgIpc) is 2.01. The number of halogens is 3. The van der Waals surface area contributed by atoms with E-state index in [2.05, 4.69) is 13.8 Å².